The van der Waals surface area contributed by atoms with Crippen LogP contribution in [0.4, 0.5) is 5.82 Å². The van der Waals surface area contributed by atoms with E-state index >= 15 is 0 Å². The molecule has 3 amide bonds. The molecule has 0 radical (unpaired) electrons. The van der Waals surface area contributed by atoms with E-state index in [1.807, 2.05) is 0 Å². The maximum atomic E-state index is 13.2. The summed E-state index contributed by atoms with van der Waals surface area (Å²) in [6.45, 7) is 1.25. The van der Waals surface area contributed by atoms with Crippen molar-refractivity contribution in [3.8, 4) is 0 Å². The van der Waals surface area contributed by atoms with Crippen LogP contribution in [0.15, 0.2) is 36.4 Å². The molecule has 2 aromatic heterocycles. The Kier molecular flexibility index (Phi) is 7.32. The van der Waals surface area contributed by atoms with Crippen LogP contribution in [0.2, 0.25) is 5.15 Å². The van der Waals surface area contributed by atoms with Crippen molar-refractivity contribution in [2.75, 3.05) is 11.9 Å². The van der Waals surface area contributed by atoms with Crippen LogP contribution in [0.25, 0.3) is 10.9 Å². The van der Waals surface area contributed by atoms with Crippen molar-refractivity contribution < 1.29 is 19.2 Å². The molecule has 1 aliphatic carbocycles. The highest BCUT2D eigenvalue weighted by Crippen LogP contribution is 2.28. The molecule has 36 heavy (non-hydrogen) atoms. The van der Waals surface area contributed by atoms with Crippen molar-refractivity contribution in [3.05, 3.63) is 52.8 Å². The van der Waals surface area contributed by atoms with E-state index in [1.54, 1.807) is 43.3 Å². The summed E-state index contributed by atoms with van der Waals surface area (Å²) in [7, 11) is 0. The molecule has 1 aliphatic rings. The van der Waals surface area contributed by atoms with Crippen LogP contribution < -0.4 is 16.8 Å². The number of pyridine rings is 1. The van der Waals surface area contributed by atoms with Crippen molar-refractivity contribution in [3.63, 3.8) is 0 Å². The number of Topliss-reactive ketones (excluding diaryl/α,β-unsaturated/α-hetero) is 1. The number of rotatable bonds is 10. The van der Waals surface area contributed by atoms with Crippen molar-refractivity contribution in [2.24, 2.45) is 11.5 Å². The van der Waals surface area contributed by atoms with E-state index < -0.39 is 17.9 Å². The van der Waals surface area contributed by atoms with Gasteiger partial charge in [-0.15, -0.1) is 0 Å². The van der Waals surface area contributed by atoms with Gasteiger partial charge in [-0.05, 0) is 49.6 Å². The fraction of sp³-hybridized carbons (Fsp3) is 0.333. The minimum Gasteiger partial charge on any atom is -0.364 e. The Hall–Kier alpha value is -3.83. The minimum absolute atomic E-state index is 0.00404. The average molecular weight is 512 g/mol. The van der Waals surface area contributed by atoms with E-state index in [2.05, 4.69) is 15.4 Å². The Labute approximate surface area is 211 Å². The van der Waals surface area contributed by atoms with Gasteiger partial charge in [-0.2, -0.15) is 5.10 Å². The Morgan fingerprint density at radius 3 is 2.61 bits per heavy atom. The van der Waals surface area contributed by atoms with Gasteiger partial charge >= 0.3 is 0 Å². The number of carbonyl (C=O) groups is 4. The van der Waals surface area contributed by atoms with Gasteiger partial charge < -0.3 is 21.7 Å². The van der Waals surface area contributed by atoms with Gasteiger partial charge in [0.15, 0.2) is 11.5 Å². The highest BCUT2D eigenvalue weighted by Gasteiger charge is 2.34. The number of nitrogens with zero attached hydrogens (tertiary/aromatic N) is 4. The zero-order chi connectivity index (χ0) is 26.0. The highest BCUT2D eigenvalue weighted by molar-refractivity contribution is 6.29. The molecule has 0 saturated heterocycles. The first-order chi connectivity index (χ1) is 17.1. The molecular weight excluding hydrogens is 486 g/mol. The second kappa shape index (κ2) is 10.4. The average Bonchev–Trinajstić information content (AvgIpc) is 3.59. The summed E-state index contributed by atoms with van der Waals surface area (Å²) in [5, 5.41) is 7.58. The van der Waals surface area contributed by atoms with Gasteiger partial charge in [-0.1, -0.05) is 23.7 Å². The monoisotopic (exact) mass is 511 g/mol. The molecule has 11 nitrogen and oxygen atoms in total. The summed E-state index contributed by atoms with van der Waals surface area (Å²) in [4.78, 5) is 55.4. The number of halogens is 1. The maximum Gasteiger partial charge on any atom is 0.269 e. The van der Waals surface area contributed by atoms with Crippen molar-refractivity contribution >= 4 is 51.8 Å². The first-order valence-electron chi connectivity index (χ1n) is 11.4. The molecule has 5 N–H and O–H groups in total. The molecule has 1 fully saturated rings. The smallest absolute Gasteiger partial charge is 0.269 e. The Morgan fingerprint density at radius 1 is 1.22 bits per heavy atom. The normalized spacial score (nSPS) is 13.9. The van der Waals surface area contributed by atoms with Gasteiger partial charge in [0.2, 0.25) is 11.8 Å². The molecular formula is C24H26ClN7O4. The van der Waals surface area contributed by atoms with Crippen LogP contribution in [0.5, 0.6) is 0 Å². The van der Waals surface area contributed by atoms with E-state index in [0.29, 0.717) is 16.5 Å². The lowest BCUT2D eigenvalue weighted by Crippen LogP contribution is -2.41. The maximum absolute atomic E-state index is 13.2. The summed E-state index contributed by atoms with van der Waals surface area (Å²) >= 11 is 5.86. The van der Waals surface area contributed by atoms with Crippen LogP contribution in [-0.2, 0) is 27.3 Å². The molecule has 1 atom stereocenters. The summed E-state index contributed by atoms with van der Waals surface area (Å²) in [6, 6.07) is 9.25. The third kappa shape index (κ3) is 5.86. The number of ketones is 1. The molecule has 0 bridgehead atoms. The quantitative estimate of drug-likeness (QED) is 0.344. The van der Waals surface area contributed by atoms with Crippen LogP contribution >= 0.6 is 11.6 Å². The van der Waals surface area contributed by atoms with Crippen LogP contribution in [0.3, 0.4) is 0 Å². The number of nitrogens with one attached hydrogen (secondary N) is 1. The summed E-state index contributed by atoms with van der Waals surface area (Å²) < 4.78 is 1.39. The van der Waals surface area contributed by atoms with Gasteiger partial charge in [0.1, 0.15) is 24.1 Å². The van der Waals surface area contributed by atoms with E-state index in [0.717, 1.165) is 12.8 Å². The minimum atomic E-state index is -0.755. The van der Waals surface area contributed by atoms with Gasteiger partial charge in [0.05, 0.1) is 11.6 Å². The summed E-state index contributed by atoms with van der Waals surface area (Å²) in [6.07, 6.45) is 1.68. The van der Waals surface area contributed by atoms with E-state index in [-0.39, 0.29) is 53.9 Å². The molecule has 12 heteroatoms. The van der Waals surface area contributed by atoms with E-state index in [4.69, 9.17) is 23.1 Å². The Morgan fingerprint density at radius 2 is 1.97 bits per heavy atom. The number of nitrogens with two attached hydrogens (primary N) is 2. The van der Waals surface area contributed by atoms with Gasteiger partial charge in [0, 0.05) is 17.8 Å². The molecule has 0 spiro atoms. The van der Waals surface area contributed by atoms with Gasteiger partial charge in [-0.3, -0.25) is 23.9 Å². The number of anilines is 1. The lowest BCUT2D eigenvalue weighted by atomic mass is 10.0. The van der Waals surface area contributed by atoms with Crippen molar-refractivity contribution in [1.29, 1.82) is 0 Å². The first-order valence-corrected chi connectivity index (χ1v) is 11.8. The number of carbonyl (C=O) groups excluding carboxylic acids is 4. The number of fused-ring (bicyclic) bond motifs is 1. The lowest BCUT2D eigenvalue weighted by molar-refractivity contribution is -0.135. The van der Waals surface area contributed by atoms with Crippen LogP contribution in [0.1, 0.15) is 35.8 Å². The van der Waals surface area contributed by atoms with Crippen LogP contribution in [-0.4, -0.2) is 61.8 Å². The zero-order valence-corrected chi connectivity index (χ0v) is 20.4. The number of aromatic nitrogens is 3. The van der Waals surface area contributed by atoms with Gasteiger partial charge in [-0.25, -0.2) is 4.98 Å². The second-order valence-electron chi connectivity index (χ2n) is 8.80. The predicted octanol–water partition coefficient (Wildman–Crippen LogP) is 1.27. The molecule has 1 saturated carbocycles. The molecule has 188 valence electrons. The third-order valence-corrected chi connectivity index (χ3v) is 6.03. The number of hydrogen-bond acceptors (Lipinski definition) is 7. The molecule has 2 heterocycles. The Bertz CT molecular complexity index is 1350. The van der Waals surface area contributed by atoms with E-state index in [1.165, 1.54) is 9.58 Å². The number of hydrogen-bond donors (Lipinski definition) is 3. The van der Waals surface area contributed by atoms with Crippen molar-refractivity contribution in [1.82, 2.24) is 19.7 Å². The predicted molar refractivity (Wildman–Crippen MR) is 133 cm³/mol. The number of primary amides is 1. The molecule has 3 aromatic rings. The highest BCUT2D eigenvalue weighted by atomic mass is 35.5. The standard InChI is InChI=1S/C24H26ClN7O4/c1-13(26)18(33)10-14-5-8-17-16(9-14)23(24(27)36)30-32(17)12-22(35)31(15-6-7-15)11-21(34)29-20-4-2-3-19(25)28-20/h2-5,8-9,13,15H,6-7,10-12,26H2,1H3,(H2,27,36)(H,28,29,34). The first kappa shape index (κ1) is 25.3. The largest absolute Gasteiger partial charge is 0.364 e. The Balaban J connectivity index is 1.53. The molecule has 1 unspecified atom stereocenters. The van der Waals surface area contributed by atoms with E-state index in [9.17, 15) is 19.2 Å². The second-order valence-corrected chi connectivity index (χ2v) is 9.19. The topological polar surface area (TPSA) is 166 Å². The van der Waals surface area contributed by atoms with Gasteiger partial charge in [0.25, 0.3) is 5.91 Å². The third-order valence-electron chi connectivity index (χ3n) is 5.82. The summed E-state index contributed by atoms with van der Waals surface area (Å²) in [5.74, 6) is -1.35. The number of amides is 3. The fourth-order valence-electron chi connectivity index (χ4n) is 3.84. The van der Waals surface area contributed by atoms with Crippen molar-refractivity contribution in [2.45, 2.75) is 44.8 Å². The SMILES string of the molecule is CC(N)C(=O)Cc1ccc2c(c1)c(C(N)=O)nn2CC(=O)N(CC(=O)Nc1cccc(Cl)n1)C1CC1. The van der Waals surface area contributed by atoms with Crippen LogP contribution in [0, 0.1) is 0 Å². The summed E-state index contributed by atoms with van der Waals surface area (Å²) in [5.41, 5.74) is 12.3. The molecule has 1 aromatic carbocycles. The fourth-order valence-corrected chi connectivity index (χ4v) is 4.01. The molecule has 4 rings (SSSR count). The lowest BCUT2D eigenvalue weighted by Gasteiger charge is -2.22. The zero-order valence-electron chi connectivity index (χ0n) is 19.6. The number of benzene rings is 1. The molecule has 0 aliphatic heterocycles.